The van der Waals surface area contributed by atoms with Crippen LogP contribution in [0.15, 0.2) is 12.4 Å². The predicted octanol–water partition coefficient (Wildman–Crippen LogP) is 2.78. The Hall–Kier alpha value is -1.12. The van der Waals surface area contributed by atoms with Gasteiger partial charge in [-0.15, -0.1) is 0 Å². The van der Waals surface area contributed by atoms with Gasteiger partial charge in [0.25, 0.3) is 0 Å². The van der Waals surface area contributed by atoms with E-state index in [0.29, 0.717) is 0 Å². The molecule has 0 aromatic carbocycles. The summed E-state index contributed by atoms with van der Waals surface area (Å²) in [7, 11) is 0. The molecule has 2 rings (SSSR count). The molecule has 3 nitrogen and oxygen atoms in total. The van der Waals surface area contributed by atoms with E-state index in [1.165, 1.54) is 32.1 Å². The van der Waals surface area contributed by atoms with Crippen LogP contribution in [0.2, 0.25) is 0 Å². The van der Waals surface area contributed by atoms with Crippen molar-refractivity contribution in [2.24, 2.45) is 5.92 Å². The van der Waals surface area contributed by atoms with E-state index in [0.717, 1.165) is 24.0 Å². The van der Waals surface area contributed by atoms with Gasteiger partial charge in [0.2, 0.25) is 0 Å². The fraction of sp³-hybridized carbons (Fsp3) is 0.667. The quantitative estimate of drug-likeness (QED) is 0.821. The Labute approximate surface area is 91.3 Å². The first-order valence-corrected chi connectivity index (χ1v) is 5.88. The summed E-state index contributed by atoms with van der Waals surface area (Å²) in [5.74, 6) is 1.88. The van der Waals surface area contributed by atoms with E-state index in [2.05, 4.69) is 15.3 Å². The number of rotatable bonds is 4. The van der Waals surface area contributed by atoms with E-state index >= 15 is 0 Å². The summed E-state index contributed by atoms with van der Waals surface area (Å²) in [4.78, 5) is 8.47. The molecule has 0 unspecified atom stereocenters. The van der Waals surface area contributed by atoms with E-state index in [1.807, 2.05) is 6.92 Å². The van der Waals surface area contributed by atoms with Crippen LogP contribution in [0.4, 0.5) is 5.82 Å². The average Bonchev–Trinajstić information content (AvgIpc) is 2.74. The summed E-state index contributed by atoms with van der Waals surface area (Å²) < 4.78 is 0. The van der Waals surface area contributed by atoms with Crippen LogP contribution in [0.3, 0.4) is 0 Å². The Morgan fingerprint density at radius 2 is 2.00 bits per heavy atom. The fourth-order valence-corrected chi connectivity index (χ4v) is 2.27. The molecule has 1 N–H and O–H groups in total. The fourth-order valence-electron chi connectivity index (χ4n) is 2.27. The van der Waals surface area contributed by atoms with Crippen LogP contribution in [0.1, 0.15) is 37.8 Å². The molecule has 15 heavy (non-hydrogen) atoms. The summed E-state index contributed by atoms with van der Waals surface area (Å²) in [6, 6.07) is 0. The van der Waals surface area contributed by atoms with Crippen molar-refractivity contribution in [2.45, 2.75) is 39.0 Å². The molecule has 1 saturated carbocycles. The van der Waals surface area contributed by atoms with Crippen molar-refractivity contribution in [3.63, 3.8) is 0 Å². The highest BCUT2D eigenvalue weighted by Crippen LogP contribution is 2.27. The van der Waals surface area contributed by atoms with Gasteiger partial charge in [-0.05, 0) is 19.3 Å². The van der Waals surface area contributed by atoms with Gasteiger partial charge in [0.1, 0.15) is 5.82 Å². The van der Waals surface area contributed by atoms with Crippen molar-refractivity contribution in [1.29, 1.82) is 0 Å². The Bertz CT molecular complexity index is 305. The maximum atomic E-state index is 4.27. The van der Waals surface area contributed by atoms with Crippen molar-refractivity contribution >= 4 is 5.82 Å². The lowest BCUT2D eigenvalue weighted by molar-refractivity contribution is 0.518. The van der Waals surface area contributed by atoms with E-state index in [1.54, 1.807) is 12.4 Å². The normalized spacial score (nSPS) is 16.9. The molecule has 1 aliphatic carbocycles. The third-order valence-corrected chi connectivity index (χ3v) is 3.20. The molecule has 0 spiro atoms. The molecule has 0 bridgehead atoms. The van der Waals surface area contributed by atoms with E-state index in [4.69, 9.17) is 0 Å². The largest absolute Gasteiger partial charge is 0.369 e. The average molecular weight is 205 g/mol. The van der Waals surface area contributed by atoms with Crippen LogP contribution in [-0.2, 0) is 0 Å². The molecule has 1 aliphatic rings. The van der Waals surface area contributed by atoms with Crippen LogP contribution in [-0.4, -0.2) is 16.5 Å². The van der Waals surface area contributed by atoms with Crippen molar-refractivity contribution in [1.82, 2.24) is 9.97 Å². The van der Waals surface area contributed by atoms with Crippen LogP contribution in [0.25, 0.3) is 0 Å². The molecular weight excluding hydrogens is 186 g/mol. The summed E-state index contributed by atoms with van der Waals surface area (Å²) in [6.45, 7) is 3.02. The molecule has 0 aliphatic heterocycles. The third kappa shape index (κ3) is 2.91. The Morgan fingerprint density at radius 3 is 2.73 bits per heavy atom. The molecule has 1 aromatic rings. The highest BCUT2D eigenvalue weighted by atomic mass is 15.0. The molecule has 0 atom stereocenters. The van der Waals surface area contributed by atoms with Gasteiger partial charge in [0.15, 0.2) is 0 Å². The lowest BCUT2D eigenvalue weighted by atomic mass is 10.0. The highest BCUT2D eigenvalue weighted by molar-refractivity contribution is 5.37. The molecule has 0 saturated heterocycles. The second-order valence-electron chi connectivity index (χ2n) is 4.36. The van der Waals surface area contributed by atoms with Gasteiger partial charge in [-0.25, -0.2) is 4.98 Å². The molecule has 1 aromatic heterocycles. The summed E-state index contributed by atoms with van der Waals surface area (Å²) >= 11 is 0. The van der Waals surface area contributed by atoms with Crippen LogP contribution < -0.4 is 5.32 Å². The van der Waals surface area contributed by atoms with Gasteiger partial charge in [-0.3, -0.25) is 4.98 Å². The van der Waals surface area contributed by atoms with Gasteiger partial charge in [-0.2, -0.15) is 0 Å². The number of nitrogens with one attached hydrogen (secondary N) is 1. The first-order valence-electron chi connectivity index (χ1n) is 5.88. The number of hydrogen-bond acceptors (Lipinski definition) is 3. The summed E-state index contributed by atoms with van der Waals surface area (Å²) in [5, 5.41) is 3.37. The van der Waals surface area contributed by atoms with Gasteiger partial charge in [-0.1, -0.05) is 25.7 Å². The van der Waals surface area contributed by atoms with Crippen molar-refractivity contribution in [3.8, 4) is 0 Å². The molecule has 0 radical (unpaired) electrons. The summed E-state index contributed by atoms with van der Waals surface area (Å²) in [5.41, 5.74) is 0.990. The number of anilines is 1. The molecule has 0 amide bonds. The third-order valence-electron chi connectivity index (χ3n) is 3.20. The SMILES string of the molecule is Cc1nccnc1NCCC1CCCC1. The molecular formula is C12H19N3. The molecule has 1 heterocycles. The minimum atomic E-state index is 0.939. The zero-order valence-electron chi connectivity index (χ0n) is 9.37. The predicted molar refractivity (Wildman–Crippen MR) is 61.8 cm³/mol. The topological polar surface area (TPSA) is 37.8 Å². The number of aromatic nitrogens is 2. The molecule has 3 heteroatoms. The monoisotopic (exact) mass is 205 g/mol. The number of nitrogens with zero attached hydrogens (tertiary/aromatic N) is 2. The highest BCUT2D eigenvalue weighted by Gasteiger charge is 2.14. The molecule has 82 valence electrons. The lowest BCUT2D eigenvalue weighted by Crippen LogP contribution is -2.09. The molecule has 1 fully saturated rings. The van der Waals surface area contributed by atoms with Gasteiger partial charge in [0, 0.05) is 18.9 Å². The zero-order chi connectivity index (χ0) is 10.5. The maximum absolute atomic E-state index is 4.27. The summed E-state index contributed by atoms with van der Waals surface area (Å²) in [6.07, 6.45) is 10.4. The Kier molecular flexibility index (Phi) is 3.54. The minimum Gasteiger partial charge on any atom is -0.369 e. The Balaban J connectivity index is 1.75. The number of aryl methyl sites for hydroxylation is 1. The van der Waals surface area contributed by atoms with Crippen LogP contribution in [0.5, 0.6) is 0 Å². The van der Waals surface area contributed by atoms with E-state index in [-0.39, 0.29) is 0 Å². The van der Waals surface area contributed by atoms with E-state index in [9.17, 15) is 0 Å². The minimum absolute atomic E-state index is 0.939. The standard InChI is InChI=1S/C12H19N3/c1-10-12(15-9-8-13-10)14-7-6-11-4-2-3-5-11/h8-9,11H,2-7H2,1H3,(H,14,15). The smallest absolute Gasteiger partial charge is 0.147 e. The van der Waals surface area contributed by atoms with Gasteiger partial charge >= 0.3 is 0 Å². The first-order chi connectivity index (χ1) is 7.36. The zero-order valence-corrected chi connectivity index (χ0v) is 9.37. The first kappa shape index (κ1) is 10.4. The van der Waals surface area contributed by atoms with Crippen molar-refractivity contribution < 1.29 is 0 Å². The van der Waals surface area contributed by atoms with Gasteiger partial charge in [0.05, 0.1) is 5.69 Å². The van der Waals surface area contributed by atoms with Crippen LogP contribution in [0, 0.1) is 12.8 Å². The van der Waals surface area contributed by atoms with Crippen molar-refractivity contribution in [3.05, 3.63) is 18.1 Å². The number of hydrogen-bond donors (Lipinski definition) is 1. The lowest BCUT2D eigenvalue weighted by Gasteiger charge is -2.10. The van der Waals surface area contributed by atoms with Gasteiger partial charge < -0.3 is 5.32 Å². The maximum Gasteiger partial charge on any atom is 0.147 e. The second-order valence-corrected chi connectivity index (χ2v) is 4.36. The van der Waals surface area contributed by atoms with Crippen LogP contribution >= 0.6 is 0 Å². The van der Waals surface area contributed by atoms with E-state index < -0.39 is 0 Å². The Morgan fingerprint density at radius 1 is 1.27 bits per heavy atom. The van der Waals surface area contributed by atoms with Crippen molar-refractivity contribution in [2.75, 3.05) is 11.9 Å². The second kappa shape index (κ2) is 5.10.